The van der Waals surface area contributed by atoms with Crippen LogP contribution in [0.2, 0.25) is 0 Å². The molecule has 0 aliphatic rings. The lowest BCUT2D eigenvalue weighted by atomic mass is 9.88. The minimum Gasteiger partial charge on any atom is -0.386 e. The highest BCUT2D eigenvalue weighted by Crippen LogP contribution is 2.35. The molecule has 1 atom stereocenters. The lowest BCUT2D eigenvalue weighted by Gasteiger charge is -2.23. The van der Waals surface area contributed by atoms with Gasteiger partial charge in [0.25, 0.3) is 0 Å². The molecule has 0 spiro atoms. The molecule has 1 unspecified atom stereocenters. The summed E-state index contributed by atoms with van der Waals surface area (Å²) in [5.41, 5.74) is -0.353. The van der Waals surface area contributed by atoms with Crippen LogP contribution in [-0.4, -0.2) is 38.5 Å². The molecule has 0 saturated heterocycles. The van der Waals surface area contributed by atoms with Crippen molar-refractivity contribution < 1.29 is 19.2 Å². The van der Waals surface area contributed by atoms with Crippen LogP contribution in [0.5, 0.6) is 0 Å². The molecule has 0 fully saturated rings. The monoisotopic (exact) mass is 376 g/mol. The van der Waals surface area contributed by atoms with Crippen molar-refractivity contribution in [3.8, 4) is 0 Å². The number of benzene rings is 1. The summed E-state index contributed by atoms with van der Waals surface area (Å²) < 4.78 is 0. The molecule has 2 amide bonds. The van der Waals surface area contributed by atoms with Gasteiger partial charge in [0, 0.05) is 14.1 Å². The van der Waals surface area contributed by atoms with E-state index in [9.17, 15) is 19.2 Å². The molecule has 8 nitrogen and oxygen atoms in total. The second-order valence-corrected chi connectivity index (χ2v) is 7.08. The molecule has 1 rings (SSSR count). The largest absolute Gasteiger partial charge is 0.386 e. The van der Waals surface area contributed by atoms with Gasteiger partial charge in [-0.2, -0.15) is 0 Å². The summed E-state index contributed by atoms with van der Waals surface area (Å²) >= 11 is 0. The molecular weight excluding hydrogens is 348 g/mol. The summed E-state index contributed by atoms with van der Waals surface area (Å²) in [6.45, 7) is 6.33. The summed E-state index contributed by atoms with van der Waals surface area (Å²) in [6.07, 6.45) is 1.55. The van der Waals surface area contributed by atoms with Crippen molar-refractivity contribution in [3.63, 3.8) is 0 Å². The van der Waals surface area contributed by atoms with Gasteiger partial charge in [0.2, 0.25) is 11.8 Å². The van der Waals surface area contributed by atoms with Crippen LogP contribution >= 0.6 is 0 Å². The third-order valence-corrected chi connectivity index (χ3v) is 4.59. The topological polar surface area (TPSA) is 116 Å². The fraction of sp³-hybridized carbons (Fsp3) is 0.474. The first kappa shape index (κ1) is 22.1. The third-order valence-electron chi connectivity index (χ3n) is 4.59. The Kier molecular flexibility index (Phi) is 7.10. The van der Waals surface area contributed by atoms with E-state index in [4.69, 9.17) is 0 Å². The number of anilines is 4. The van der Waals surface area contributed by atoms with Crippen molar-refractivity contribution in [2.24, 2.45) is 10.8 Å². The highest BCUT2D eigenvalue weighted by molar-refractivity contribution is 6.09. The minimum absolute atomic E-state index is 0.350. The molecule has 4 N–H and O–H groups in total. The standard InChI is InChI=1S/C19H28N4O4/c1-7-19(4,11-25)17(27)23-15-9-14(12(20-5)8-13(15)21-6)22-16(26)18(2,3)10-24/h8-11,20-21H,7H2,1-6H3,(H,22,26)(H,23,27). The Hall–Kier alpha value is -2.90. The Balaban J connectivity index is 3.33. The van der Waals surface area contributed by atoms with Crippen LogP contribution in [-0.2, 0) is 19.2 Å². The van der Waals surface area contributed by atoms with Crippen LogP contribution in [0.25, 0.3) is 0 Å². The van der Waals surface area contributed by atoms with Gasteiger partial charge in [-0.1, -0.05) is 6.92 Å². The summed E-state index contributed by atoms with van der Waals surface area (Å²) in [4.78, 5) is 47.3. The zero-order valence-corrected chi connectivity index (χ0v) is 16.6. The Morgan fingerprint density at radius 3 is 1.67 bits per heavy atom. The van der Waals surface area contributed by atoms with Gasteiger partial charge in [0.05, 0.1) is 28.2 Å². The van der Waals surface area contributed by atoms with E-state index in [1.165, 1.54) is 13.8 Å². The van der Waals surface area contributed by atoms with Crippen molar-refractivity contribution in [1.82, 2.24) is 0 Å². The van der Waals surface area contributed by atoms with Crippen molar-refractivity contribution in [2.45, 2.75) is 34.1 Å². The third kappa shape index (κ3) is 4.84. The van der Waals surface area contributed by atoms with Crippen molar-refractivity contribution in [3.05, 3.63) is 12.1 Å². The van der Waals surface area contributed by atoms with E-state index in [1.807, 2.05) is 0 Å². The van der Waals surface area contributed by atoms with Crippen molar-refractivity contribution in [2.75, 3.05) is 35.4 Å². The molecule has 8 heteroatoms. The van der Waals surface area contributed by atoms with Crippen molar-refractivity contribution in [1.29, 1.82) is 0 Å². The van der Waals surface area contributed by atoms with E-state index in [1.54, 1.807) is 40.1 Å². The Bertz CT molecular complexity index is 745. The quantitative estimate of drug-likeness (QED) is 0.389. The molecule has 27 heavy (non-hydrogen) atoms. The van der Waals surface area contributed by atoms with Gasteiger partial charge in [-0.25, -0.2) is 0 Å². The summed E-state index contributed by atoms with van der Waals surface area (Å²) in [5, 5.41) is 11.4. The maximum atomic E-state index is 12.5. The molecule has 0 heterocycles. The van der Waals surface area contributed by atoms with E-state index < -0.39 is 22.6 Å². The van der Waals surface area contributed by atoms with Gasteiger partial charge in [-0.05, 0) is 39.3 Å². The first-order valence-electron chi connectivity index (χ1n) is 8.67. The van der Waals surface area contributed by atoms with Crippen molar-refractivity contribution >= 4 is 47.1 Å². The number of aldehydes is 2. The molecule has 1 aromatic rings. The van der Waals surface area contributed by atoms with Crippen LogP contribution in [0.15, 0.2) is 12.1 Å². The zero-order chi connectivity index (χ0) is 20.8. The molecule has 0 aromatic heterocycles. The molecule has 1 aromatic carbocycles. The second kappa shape index (κ2) is 8.66. The predicted octanol–water partition coefficient (Wildman–Crippen LogP) is 2.49. The highest BCUT2D eigenvalue weighted by atomic mass is 16.2. The Morgan fingerprint density at radius 1 is 0.852 bits per heavy atom. The molecule has 0 radical (unpaired) electrons. The maximum Gasteiger partial charge on any atom is 0.237 e. The maximum absolute atomic E-state index is 12.5. The first-order chi connectivity index (χ1) is 12.6. The first-order valence-corrected chi connectivity index (χ1v) is 8.67. The van der Waals surface area contributed by atoms with Crippen LogP contribution in [0, 0.1) is 10.8 Å². The normalized spacial score (nSPS) is 13.1. The van der Waals surface area contributed by atoms with E-state index in [0.29, 0.717) is 41.7 Å². The van der Waals surface area contributed by atoms with E-state index >= 15 is 0 Å². The van der Waals surface area contributed by atoms with Gasteiger partial charge in [0.15, 0.2) is 0 Å². The zero-order valence-electron chi connectivity index (χ0n) is 16.6. The lowest BCUT2D eigenvalue weighted by molar-refractivity contribution is -0.132. The number of amides is 2. The predicted molar refractivity (Wildman–Crippen MR) is 107 cm³/mol. The van der Waals surface area contributed by atoms with Crippen LogP contribution in [0.3, 0.4) is 0 Å². The smallest absolute Gasteiger partial charge is 0.237 e. The number of hydrogen-bond acceptors (Lipinski definition) is 6. The minimum atomic E-state index is -1.20. The van der Waals surface area contributed by atoms with Crippen LogP contribution in [0.4, 0.5) is 22.7 Å². The van der Waals surface area contributed by atoms with E-state index in [0.717, 1.165) is 0 Å². The molecule has 0 aliphatic heterocycles. The van der Waals surface area contributed by atoms with Gasteiger partial charge in [-0.15, -0.1) is 0 Å². The summed E-state index contributed by atoms with van der Waals surface area (Å²) in [7, 11) is 3.38. The number of carbonyl (C=O) groups is 4. The van der Waals surface area contributed by atoms with E-state index in [2.05, 4.69) is 21.3 Å². The Labute approximate surface area is 159 Å². The molecule has 148 valence electrons. The fourth-order valence-corrected chi connectivity index (χ4v) is 2.12. The molecule has 0 bridgehead atoms. The molecular formula is C19H28N4O4. The van der Waals surface area contributed by atoms with Gasteiger partial charge < -0.3 is 30.9 Å². The van der Waals surface area contributed by atoms with Crippen LogP contribution in [0.1, 0.15) is 34.1 Å². The molecule has 0 aliphatic carbocycles. The van der Waals surface area contributed by atoms with Gasteiger partial charge in [-0.3, -0.25) is 9.59 Å². The lowest BCUT2D eigenvalue weighted by Crippen LogP contribution is -2.34. The average Bonchev–Trinajstić information content (AvgIpc) is 2.67. The number of nitrogens with one attached hydrogen (secondary N) is 4. The highest BCUT2D eigenvalue weighted by Gasteiger charge is 2.32. The number of rotatable bonds is 9. The second-order valence-electron chi connectivity index (χ2n) is 7.08. The molecule has 0 saturated carbocycles. The fourth-order valence-electron chi connectivity index (χ4n) is 2.12. The summed E-state index contributed by atoms with van der Waals surface area (Å²) in [6, 6.07) is 3.29. The average molecular weight is 376 g/mol. The summed E-state index contributed by atoms with van der Waals surface area (Å²) in [5.74, 6) is -0.922. The van der Waals surface area contributed by atoms with Crippen LogP contribution < -0.4 is 21.3 Å². The van der Waals surface area contributed by atoms with Gasteiger partial charge >= 0.3 is 0 Å². The number of hydrogen-bond donors (Lipinski definition) is 4. The Morgan fingerprint density at radius 2 is 1.30 bits per heavy atom. The SMILES string of the molecule is CCC(C)(C=O)C(=O)Nc1cc(NC(=O)C(C)(C)C=O)c(NC)cc1NC. The van der Waals surface area contributed by atoms with Gasteiger partial charge in [0.1, 0.15) is 18.0 Å². The number of carbonyl (C=O) groups excluding carboxylic acids is 4. The van der Waals surface area contributed by atoms with E-state index in [-0.39, 0.29) is 0 Å².